The Balaban J connectivity index is 0.00000196. The fourth-order valence-electron chi connectivity index (χ4n) is 0.957. The van der Waals surface area contributed by atoms with Crippen molar-refractivity contribution in [1.82, 2.24) is 0 Å². The van der Waals surface area contributed by atoms with Gasteiger partial charge in [-0.25, -0.2) is 4.39 Å². The van der Waals surface area contributed by atoms with Crippen molar-refractivity contribution in [2.75, 3.05) is 7.11 Å². The maximum Gasteiger partial charge on any atom is 1.00 e. The van der Waals surface area contributed by atoms with Gasteiger partial charge in [-0.2, -0.15) is 4.39 Å². The van der Waals surface area contributed by atoms with E-state index in [1.165, 1.54) is 0 Å². The Bertz CT molecular complexity index is 354. The monoisotopic (exact) mass is 250 g/mol. The van der Waals surface area contributed by atoms with Gasteiger partial charge in [-0.3, -0.25) is 0 Å². The van der Waals surface area contributed by atoms with E-state index in [0.29, 0.717) is 6.07 Å². The van der Waals surface area contributed by atoms with Crippen LogP contribution < -0.4 is 61.6 Å². The van der Waals surface area contributed by atoms with Crippen LogP contribution in [0.1, 0.15) is 0 Å². The average molecular weight is 250 g/mol. The Morgan fingerprint density at radius 1 is 1.07 bits per heavy atom. The molecule has 0 aliphatic carbocycles. The fourth-order valence-corrected chi connectivity index (χ4v) is 0.957. The Kier molecular flexibility index (Phi) is 5.77. The van der Waals surface area contributed by atoms with Crippen molar-refractivity contribution < 1.29 is 77.8 Å². The van der Waals surface area contributed by atoms with E-state index in [2.05, 4.69) is 4.74 Å². The van der Waals surface area contributed by atoms with E-state index in [0.717, 1.165) is 13.2 Å². The van der Waals surface area contributed by atoms with Crippen molar-refractivity contribution in [3.05, 3.63) is 23.8 Å². The summed E-state index contributed by atoms with van der Waals surface area (Å²) in [5.74, 6) is -4.09. The average Bonchev–Trinajstić information content (AvgIpc) is 2.07. The summed E-state index contributed by atoms with van der Waals surface area (Å²) >= 11 is 0. The molecule has 0 saturated carbocycles. The summed E-state index contributed by atoms with van der Waals surface area (Å²) in [4.78, 5) is 0. The first kappa shape index (κ1) is 15.4. The zero-order valence-electron chi connectivity index (χ0n) is 8.03. The molecule has 0 N–H and O–H groups in total. The summed E-state index contributed by atoms with van der Waals surface area (Å²) in [5, 5.41) is 0. The summed E-state index contributed by atoms with van der Waals surface area (Å²) in [7, 11) is 1.04. The van der Waals surface area contributed by atoms with Gasteiger partial charge in [0, 0.05) is 0 Å². The zero-order valence-corrected chi connectivity index (χ0v) is 11.2. The molecule has 0 heterocycles. The predicted molar refractivity (Wildman–Crippen MR) is 41.6 cm³/mol. The van der Waals surface area contributed by atoms with E-state index in [-0.39, 0.29) is 51.4 Å². The van der Waals surface area contributed by atoms with Crippen molar-refractivity contribution in [2.45, 2.75) is 0 Å². The van der Waals surface area contributed by atoms with Gasteiger partial charge in [0.1, 0.15) is 5.82 Å². The molecule has 78 valence electrons. The molecule has 0 aliphatic heterocycles. The molecule has 0 fully saturated rings. The maximum atomic E-state index is 12.8. The molecule has 0 spiro atoms. The minimum atomic E-state index is -5.54. The van der Waals surface area contributed by atoms with Crippen LogP contribution in [0.25, 0.3) is 0 Å². The third-order valence-electron chi connectivity index (χ3n) is 1.65. The Morgan fingerprint density at radius 2 is 1.60 bits per heavy atom. The second kappa shape index (κ2) is 5.63. The topological polar surface area (TPSA) is 9.23 Å². The second-order valence-corrected chi connectivity index (χ2v) is 2.56. The van der Waals surface area contributed by atoms with Gasteiger partial charge >= 0.3 is 58.4 Å². The molecule has 1 aromatic rings. The first-order valence-corrected chi connectivity index (χ1v) is 3.59. The van der Waals surface area contributed by atoms with Gasteiger partial charge < -0.3 is 17.7 Å². The van der Waals surface area contributed by atoms with E-state index in [9.17, 15) is 21.7 Å². The van der Waals surface area contributed by atoms with E-state index in [1.807, 2.05) is 0 Å². The molecule has 0 saturated heterocycles. The molecule has 0 atom stereocenters. The standard InChI is InChI=1S/C7H5BF5O.K/c1-14-5-3-2-4(8(11,12)13)6(9)7(5)10;/h2-3H,1H3;/q-1;+1. The maximum absolute atomic E-state index is 12.8. The molecule has 0 amide bonds. The Labute approximate surface area is 125 Å². The van der Waals surface area contributed by atoms with Crippen molar-refractivity contribution in [3.8, 4) is 5.75 Å². The minimum absolute atomic E-state index is 0. The third kappa shape index (κ3) is 3.42. The number of methoxy groups -OCH3 is 1. The Hall–Kier alpha value is 0.371. The van der Waals surface area contributed by atoms with E-state index in [4.69, 9.17) is 0 Å². The quantitative estimate of drug-likeness (QED) is 0.485. The molecule has 15 heavy (non-hydrogen) atoms. The minimum Gasteiger partial charge on any atom is -0.494 e. The van der Waals surface area contributed by atoms with Crippen molar-refractivity contribution in [2.24, 2.45) is 0 Å². The predicted octanol–water partition coefficient (Wildman–Crippen LogP) is -0.968. The molecule has 1 rings (SSSR count). The van der Waals surface area contributed by atoms with Gasteiger partial charge in [0.05, 0.1) is 7.11 Å². The van der Waals surface area contributed by atoms with Crippen LogP contribution >= 0.6 is 0 Å². The van der Waals surface area contributed by atoms with Crippen LogP contribution in [-0.2, 0) is 0 Å². The number of rotatable bonds is 2. The van der Waals surface area contributed by atoms with E-state index < -0.39 is 29.8 Å². The molecule has 0 unspecified atom stereocenters. The molecular weight excluding hydrogens is 245 g/mol. The smallest absolute Gasteiger partial charge is 0.494 e. The third-order valence-corrected chi connectivity index (χ3v) is 1.65. The molecule has 0 bridgehead atoms. The van der Waals surface area contributed by atoms with E-state index >= 15 is 0 Å². The van der Waals surface area contributed by atoms with Crippen LogP contribution in [-0.4, -0.2) is 14.1 Å². The summed E-state index contributed by atoms with van der Waals surface area (Å²) in [6, 6.07) is 1.19. The van der Waals surface area contributed by atoms with Crippen LogP contribution in [0.3, 0.4) is 0 Å². The zero-order chi connectivity index (χ0) is 10.9. The van der Waals surface area contributed by atoms with Crippen molar-refractivity contribution in [3.63, 3.8) is 0 Å². The largest absolute Gasteiger partial charge is 1.00 e. The van der Waals surface area contributed by atoms with Crippen molar-refractivity contribution in [1.29, 1.82) is 0 Å². The summed E-state index contributed by atoms with van der Waals surface area (Å²) in [5.41, 5.74) is -1.58. The van der Waals surface area contributed by atoms with Gasteiger partial charge in [-0.15, -0.1) is 0 Å². The number of benzene rings is 1. The first-order valence-electron chi connectivity index (χ1n) is 3.59. The fraction of sp³-hybridized carbons (Fsp3) is 0.143. The van der Waals surface area contributed by atoms with Crippen LogP contribution in [0.4, 0.5) is 21.7 Å². The molecule has 0 aliphatic rings. The first-order chi connectivity index (χ1) is 6.38. The van der Waals surface area contributed by atoms with Crippen molar-refractivity contribution >= 4 is 12.4 Å². The normalized spacial score (nSPS) is 10.8. The van der Waals surface area contributed by atoms with E-state index in [1.54, 1.807) is 0 Å². The molecule has 1 nitrogen and oxygen atoms in total. The molecular formula is C7H5BF5KO. The molecule has 0 aromatic heterocycles. The van der Waals surface area contributed by atoms with Crippen LogP contribution in [0.2, 0.25) is 0 Å². The number of ether oxygens (including phenoxy) is 1. The van der Waals surface area contributed by atoms with Gasteiger partial charge in [0.25, 0.3) is 0 Å². The van der Waals surface area contributed by atoms with Crippen LogP contribution in [0.5, 0.6) is 5.75 Å². The molecule has 8 heteroatoms. The van der Waals surface area contributed by atoms with Crippen LogP contribution in [0.15, 0.2) is 12.1 Å². The second-order valence-electron chi connectivity index (χ2n) is 2.56. The summed E-state index contributed by atoms with van der Waals surface area (Å²) in [6.45, 7) is -5.54. The summed E-state index contributed by atoms with van der Waals surface area (Å²) in [6.07, 6.45) is 0. The van der Waals surface area contributed by atoms with Crippen LogP contribution in [0, 0.1) is 11.6 Å². The number of halogens is 5. The Morgan fingerprint density at radius 3 is 2.00 bits per heavy atom. The van der Waals surface area contributed by atoms with Gasteiger partial charge in [-0.1, -0.05) is 11.5 Å². The number of hydrogen-bond donors (Lipinski definition) is 0. The van der Waals surface area contributed by atoms with Gasteiger partial charge in [-0.05, 0) is 6.07 Å². The number of hydrogen-bond acceptors (Lipinski definition) is 1. The molecule has 0 radical (unpaired) electrons. The van der Waals surface area contributed by atoms with Gasteiger partial charge in [0.2, 0.25) is 0 Å². The molecule has 1 aromatic carbocycles. The SMILES string of the molecule is COc1ccc([B-](F)(F)F)c(F)c1F.[K+]. The van der Waals surface area contributed by atoms with Gasteiger partial charge in [0.15, 0.2) is 11.6 Å². The summed E-state index contributed by atoms with van der Waals surface area (Å²) < 4.78 is 66.1.